The molecule has 1 aromatic heterocycles. The number of rotatable bonds is 3. The summed E-state index contributed by atoms with van der Waals surface area (Å²) in [5.41, 5.74) is -0.955. The number of hydrogen-bond acceptors (Lipinski definition) is 4. The number of nitro groups is 1. The van der Waals surface area contributed by atoms with Crippen molar-refractivity contribution in [1.29, 1.82) is 0 Å². The molecule has 102 valence electrons. The van der Waals surface area contributed by atoms with E-state index in [9.17, 15) is 14.9 Å². The highest BCUT2D eigenvalue weighted by Crippen LogP contribution is 2.25. The van der Waals surface area contributed by atoms with E-state index in [1.54, 1.807) is 0 Å². The summed E-state index contributed by atoms with van der Waals surface area (Å²) in [6.07, 6.45) is 10.2. The third-order valence-electron chi connectivity index (χ3n) is 3.18. The van der Waals surface area contributed by atoms with Gasteiger partial charge in [0.1, 0.15) is 6.20 Å². The van der Waals surface area contributed by atoms with Gasteiger partial charge in [-0.3, -0.25) is 14.8 Å². The first-order chi connectivity index (χ1) is 9.09. The van der Waals surface area contributed by atoms with E-state index < -0.39 is 22.3 Å². The van der Waals surface area contributed by atoms with E-state index in [1.807, 2.05) is 12.2 Å². The highest BCUT2D eigenvalue weighted by Gasteiger charge is 2.26. The molecule has 19 heavy (non-hydrogen) atoms. The van der Waals surface area contributed by atoms with Crippen LogP contribution in [0.15, 0.2) is 18.3 Å². The molecule has 0 bridgehead atoms. The van der Waals surface area contributed by atoms with Crippen molar-refractivity contribution in [2.75, 3.05) is 0 Å². The highest BCUT2D eigenvalue weighted by molar-refractivity contribution is 5.89. The maximum Gasteiger partial charge on any atom is 0.363 e. The van der Waals surface area contributed by atoms with Crippen molar-refractivity contribution in [2.45, 2.75) is 38.1 Å². The minimum Gasteiger partial charge on any atom is -0.476 e. The molecular formula is C12H15N3O4. The quantitative estimate of drug-likeness (QED) is 0.514. The molecule has 7 nitrogen and oxygen atoms in total. The Morgan fingerprint density at radius 3 is 2.89 bits per heavy atom. The summed E-state index contributed by atoms with van der Waals surface area (Å²) in [5, 5.41) is 23.6. The lowest BCUT2D eigenvalue weighted by molar-refractivity contribution is -0.385. The molecule has 0 spiro atoms. The second-order valence-electron chi connectivity index (χ2n) is 4.54. The molecule has 0 radical (unpaired) electrons. The van der Waals surface area contributed by atoms with Crippen LogP contribution < -0.4 is 0 Å². The number of allylic oxidation sites excluding steroid dienone is 2. The maximum absolute atomic E-state index is 10.9. The number of carboxylic acids is 1. The number of carboxylic acid groups (broad SMARTS) is 1. The van der Waals surface area contributed by atoms with Crippen LogP contribution in [0, 0.1) is 10.1 Å². The molecule has 1 heterocycles. The molecule has 1 N–H and O–H groups in total. The Morgan fingerprint density at radius 1 is 1.47 bits per heavy atom. The third-order valence-corrected chi connectivity index (χ3v) is 3.18. The average Bonchev–Trinajstić information content (AvgIpc) is 2.73. The van der Waals surface area contributed by atoms with Crippen LogP contribution in [0.25, 0.3) is 0 Å². The fourth-order valence-electron chi connectivity index (χ4n) is 2.20. The molecule has 7 heteroatoms. The van der Waals surface area contributed by atoms with Gasteiger partial charge in [0, 0.05) is 0 Å². The minimum atomic E-state index is -1.37. The van der Waals surface area contributed by atoms with E-state index in [0.29, 0.717) is 0 Å². The Bertz CT molecular complexity index is 490. The molecule has 1 aromatic rings. The van der Waals surface area contributed by atoms with Crippen LogP contribution in [0.1, 0.15) is 48.6 Å². The van der Waals surface area contributed by atoms with Crippen molar-refractivity contribution in [3.05, 3.63) is 34.2 Å². The summed E-state index contributed by atoms with van der Waals surface area (Å²) in [5.74, 6) is -1.37. The van der Waals surface area contributed by atoms with Crippen LogP contribution >= 0.6 is 0 Å². The zero-order valence-corrected chi connectivity index (χ0v) is 10.4. The zero-order valence-electron chi connectivity index (χ0n) is 10.4. The van der Waals surface area contributed by atoms with Crippen LogP contribution in [0.4, 0.5) is 5.69 Å². The average molecular weight is 265 g/mol. The monoisotopic (exact) mass is 265 g/mol. The summed E-state index contributed by atoms with van der Waals surface area (Å²) < 4.78 is 1.39. The minimum absolute atomic E-state index is 0.105. The lowest BCUT2D eigenvalue weighted by Crippen LogP contribution is -2.10. The number of nitrogens with zero attached hydrogens (tertiary/aromatic N) is 3. The first-order valence-electron chi connectivity index (χ1n) is 6.23. The molecule has 0 aromatic carbocycles. The summed E-state index contributed by atoms with van der Waals surface area (Å²) in [6.45, 7) is 0. The summed E-state index contributed by atoms with van der Waals surface area (Å²) in [4.78, 5) is 21.1. The van der Waals surface area contributed by atoms with Crippen molar-refractivity contribution in [3.63, 3.8) is 0 Å². The molecule has 2 rings (SSSR count). The number of carbonyl (C=O) groups is 1. The Labute approximate surface area is 109 Å². The van der Waals surface area contributed by atoms with Gasteiger partial charge in [-0.2, -0.15) is 5.10 Å². The summed E-state index contributed by atoms with van der Waals surface area (Å²) in [7, 11) is 0. The Kier molecular flexibility index (Phi) is 3.94. The van der Waals surface area contributed by atoms with Gasteiger partial charge in [0.25, 0.3) is 0 Å². The molecule has 1 aliphatic carbocycles. The molecule has 0 fully saturated rings. The largest absolute Gasteiger partial charge is 0.476 e. The fourth-order valence-corrected chi connectivity index (χ4v) is 2.20. The molecule has 0 amide bonds. The van der Waals surface area contributed by atoms with Crippen LogP contribution in [-0.2, 0) is 0 Å². The second kappa shape index (κ2) is 5.64. The molecule has 1 aliphatic rings. The Morgan fingerprint density at radius 2 is 2.26 bits per heavy atom. The van der Waals surface area contributed by atoms with Gasteiger partial charge in [0.15, 0.2) is 0 Å². The van der Waals surface area contributed by atoms with E-state index in [-0.39, 0.29) is 6.04 Å². The van der Waals surface area contributed by atoms with E-state index >= 15 is 0 Å². The summed E-state index contributed by atoms with van der Waals surface area (Å²) in [6, 6.07) is -0.105. The van der Waals surface area contributed by atoms with Gasteiger partial charge in [0.2, 0.25) is 5.69 Å². The molecular weight excluding hydrogens is 250 g/mol. The maximum atomic E-state index is 10.9. The van der Waals surface area contributed by atoms with Crippen molar-refractivity contribution < 1.29 is 14.8 Å². The number of aromatic carboxylic acids is 1. The number of aromatic nitrogens is 2. The van der Waals surface area contributed by atoms with E-state index in [4.69, 9.17) is 5.11 Å². The van der Waals surface area contributed by atoms with Crippen molar-refractivity contribution in [3.8, 4) is 0 Å². The zero-order chi connectivity index (χ0) is 13.8. The van der Waals surface area contributed by atoms with E-state index in [2.05, 4.69) is 5.10 Å². The van der Waals surface area contributed by atoms with Crippen molar-refractivity contribution in [2.24, 2.45) is 0 Å². The van der Waals surface area contributed by atoms with Gasteiger partial charge in [-0.15, -0.1) is 0 Å². The molecule has 0 aliphatic heterocycles. The van der Waals surface area contributed by atoms with Crippen LogP contribution in [0.5, 0.6) is 0 Å². The molecule has 0 saturated heterocycles. The SMILES string of the molecule is O=C(O)c1nn(C2/C=C/CCCCC2)cc1[N+](=O)[O-]. The predicted molar refractivity (Wildman–Crippen MR) is 67.1 cm³/mol. The molecule has 1 unspecified atom stereocenters. The summed E-state index contributed by atoms with van der Waals surface area (Å²) >= 11 is 0. The Balaban J connectivity index is 2.33. The lowest BCUT2D eigenvalue weighted by Gasteiger charge is -2.15. The Hall–Kier alpha value is -2.18. The predicted octanol–water partition coefficient (Wildman–Crippen LogP) is 2.55. The van der Waals surface area contributed by atoms with Gasteiger partial charge >= 0.3 is 11.7 Å². The van der Waals surface area contributed by atoms with Gasteiger partial charge in [0.05, 0.1) is 11.0 Å². The topological polar surface area (TPSA) is 98.3 Å². The molecule has 1 atom stereocenters. The van der Waals surface area contributed by atoms with Gasteiger partial charge < -0.3 is 5.11 Å². The third kappa shape index (κ3) is 2.98. The van der Waals surface area contributed by atoms with Crippen LogP contribution in [0.3, 0.4) is 0 Å². The second-order valence-corrected chi connectivity index (χ2v) is 4.54. The standard InChI is InChI=1S/C12H15N3O4/c16-12(17)11-10(15(18)19)8-14(13-11)9-6-4-2-1-3-5-7-9/h4,6,8-9H,1-3,5,7H2,(H,16,17)/b6-4+. The first-order valence-corrected chi connectivity index (χ1v) is 6.23. The van der Waals surface area contributed by atoms with Gasteiger partial charge in [-0.05, 0) is 19.3 Å². The van der Waals surface area contributed by atoms with Crippen LogP contribution in [-0.4, -0.2) is 25.8 Å². The van der Waals surface area contributed by atoms with E-state index in [0.717, 1.165) is 32.1 Å². The fraction of sp³-hybridized carbons (Fsp3) is 0.500. The van der Waals surface area contributed by atoms with Gasteiger partial charge in [-0.1, -0.05) is 25.0 Å². The lowest BCUT2D eigenvalue weighted by atomic mass is 10.0. The molecule has 0 saturated carbocycles. The highest BCUT2D eigenvalue weighted by atomic mass is 16.6. The number of hydrogen-bond donors (Lipinski definition) is 1. The smallest absolute Gasteiger partial charge is 0.363 e. The van der Waals surface area contributed by atoms with Gasteiger partial charge in [-0.25, -0.2) is 4.79 Å². The van der Waals surface area contributed by atoms with Crippen molar-refractivity contribution in [1.82, 2.24) is 9.78 Å². The first kappa shape index (κ1) is 13.3. The van der Waals surface area contributed by atoms with Crippen molar-refractivity contribution >= 4 is 11.7 Å². The normalized spacial score (nSPS) is 21.4. The van der Waals surface area contributed by atoms with E-state index in [1.165, 1.54) is 10.9 Å². The van der Waals surface area contributed by atoms with Crippen LogP contribution in [0.2, 0.25) is 0 Å².